The third-order valence-corrected chi connectivity index (χ3v) is 5.88. The van der Waals surface area contributed by atoms with Crippen LogP contribution in [0.5, 0.6) is 11.5 Å². The molecule has 1 saturated heterocycles. The van der Waals surface area contributed by atoms with E-state index in [2.05, 4.69) is 5.32 Å². The van der Waals surface area contributed by atoms with Gasteiger partial charge in [0.25, 0.3) is 11.1 Å². The summed E-state index contributed by atoms with van der Waals surface area (Å²) in [6, 6.07) is 9.14. The molecule has 1 N–H and O–H groups in total. The monoisotopic (exact) mass is 428 g/mol. The maximum atomic E-state index is 12.4. The van der Waals surface area contributed by atoms with Gasteiger partial charge in [-0.2, -0.15) is 0 Å². The fraction of sp³-hybridized carbons (Fsp3) is 0.150. The quantitative estimate of drug-likeness (QED) is 0.711. The number of carbonyl (C=O) groups excluding carboxylic acids is 3. The summed E-state index contributed by atoms with van der Waals surface area (Å²) in [5.41, 5.74) is 0.800. The Morgan fingerprint density at radius 1 is 1.21 bits per heavy atom. The molecule has 0 spiro atoms. The van der Waals surface area contributed by atoms with Gasteiger partial charge in [0.15, 0.2) is 11.5 Å². The van der Waals surface area contributed by atoms with Gasteiger partial charge in [-0.3, -0.25) is 19.3 Å². The first-order valence-electron chi connectivity index (χ1n) is 8.74. The Balaban J connectivity index is 1.28. The highest BCUT2D eigenvalue weighted by Gasteiger charge is 2.34. The van der Waals surface area contributed by atoms with Crippen LogP contribution in [0.15, 0.2) is 46.7 Å². The largest absolute Gasteiger partial charge is 0.454 e. The molecule has 7 nitrogen and oxygen atoms in total. The van der Waals surface area contributed by atoms with Crippen molar-refractivity contribution in [2.75, 3.05) is 19.9 Å². The second-order valence-corrected chi connectivity index (χ2v) is 8.06. The maximum absolute atomic E-state index is 12.4. The van der Waals surface area contributed by atoms with Crippen LogP contribution in [0, 0.1) is 0 Å². The number of benzene rings is 1. The van der Waals surface area contributed by atoms with E-state index < -0.39 is 0 Å². The lowest BCUT2D eigenvalue weighted by molar-refractivity contribution is -0.123. The first-order valence-corrected chi connectivity index (χ1v) is 10.4. The number of nitrogens with zero attached hydrogens (tertiary/aromatic N) is 1. The second-order valence-electron chi connectivity index (χ2n) is 6.09. The molecular weight excluding hydrogens is 412 g/mol. The van der Waals surface area contributed by atoms with Crippen LogP contribution in [0.4, 0.5) is 4.79 Å². The zero-order valence-electron chi connectivity index (χ0n) is 15.1. The standard InChI is InChI=1S/C20H16N2O5S2/c23-18(6-4-13-3-5-15-16(10-13)27-12-26-15)21-7-8-22-19(24)17(29-20(22)25)11-14-2-1-9-28-14/h1-6,9-11H,7-8,12H2,(H,21,23)/b6-4+,17-11-. The molecule has 3 amide bonds. The van der Waals surface area contributed by atoms with E-state index in [0.717, 1.165) is 27.1 Å². The van der Waals surface area contributed by atoms with Crippen molar-refractivity contribution in [2.45, 2.75) is 0 Å². The summed E-state index contributed by atoms with van der Waals surface area (Å²) >= 11 is 2.41. The van der Waals surface area contributed by atoms with Crippen molar-refractivity contribution < 1.29 is 23.9 Å². The molecule has 1 aromatic carbocycles. The Bertz CT molecular complexity index is 1010. The number of amides is 3. The number of imide groups is 1. The highest BCUT2D eigenvalue weighted by atomic mass is 32.2. The molecule has 2 aliphatic rings. The number of thiophene rings is 1. The summed E-state index contributed by atoms with van der Waals surface area (Å²) in [5, 5.41) is 4.25. The predicted octanol–water partition coefficient (Wildman–Crippen LogP) is 3.34. The maximum Gasteiger partial charge on any atom is 0.293 e. The second kappa shape index (κ2) is 8.54. The Morgan fingerprint density at radius 3 is 2.90 bits per heavy atom. The summed E-state index contributed by atoms with van der Waals surface area (Å²) in [4.78, 5) is 38.9. The summed E-state index contributed by atoms with van der Waals surface area (Å²) in [6.45, 7) is 0.490. The van der Waals surface area contributed by atoms with E-state index in [9.17, 15) is 14.4 Å². The molecule has 0 radical (unpaired) electrons. The van der Waals surface area contributed by atoms with E-state index in [0.29, 0.717) is 16.4 Å². The fourth-order valence-electron chi connectivity index (χ4n) is 2.73. The summed E-state index contributed by atoms with van der Waals surface area (Å²) in [7, 11) is 0. The average Bonchev–Trinajstić information content (AvgIpc) is 3.44. The molecule has 29 heavy (non-hydrogen) atoms. The summed E-state index contributed by atoms with van der Waals surface area (Å²) < 4.78 is 10.5. The van der Waals surface area contributed by atoms with E-state index in [1.54, 1.807) is 24.3 Å². The third kappa shape index (κ3) is 4.52. The van der Waals surface area contributed by atoms with Crippen LogP contribution in [0.25, 0.3) is 12.2 Å². The smallest absolute Gasteiger partial charge is 0.293 e. The van der Waals surface area contributed by atoms with E-state index in [1.807, 2.05) is 23.6 Å². The molecule has 148 valence electrons. The van der Waals surface area contributed by atoms with Crippen LogP contribution in [0.1, 0.15) is 10.4 Å². The molecule has 4 rings (SSSR count). The summed E-state index contributed by atoms with van der Waals surface area (Å²) in [5.74, 6) is 0.668. The van der Waals surface area contributed by atoms with Crippen molar-refractivity contribution >= 4 is 52.3 Å². The van der Waals surface area contributed by atoms with Gasteiger partial charge in [0.1, 0.15) is 0 Å². The third-order valence-electron chi connectivity index (χ3n) is 4.15. The van der Waals surface area contributed by atoms with Gasteiger partial charge in [-0.15, -0.1) is 11.3 Å². The lowest BCUT2D eigenvalue weighted by Gasteiger charge is -2.12. The minimum Gasteiger partial charge on any atom is -0.454 e. The van der Waals surface area contributed by atoms with Gasteiger partial charge >= 0.3 is 0 Å². The molecule has 1 fully saturated rings. The van der Waals surface area contributed by atoms with Gasteiger partial charge in [-0.25, -0.2) is 0 Å². The average molecular weight is 428 g/mol. The van der Waals surface area contributed by atoms with E-state index >= 15 is 0 Å². The number of ether oxygens (including phenoxy) is 2. The van der Waals surface area contributed by atoms with Crippen LogP contribution in [0.2, 0.25) is 0 Å². The molecule has 1 aromatic heterocycles. The van der Waals surface area contributed by atoms with Gasteiger partial charge < -0.3 is 14.8 Å². The highest BCUT2D eigenvalue weighted by Crippen LogP contribution is 2.33. The molecule has 0 atom stereocenters. The number of hydrogen-bond donors (Lipinski definition) is 1. The van der Waals surface area contributed by atoms with Gasteiger partial charge in [-0.05, 0) is 53.1 Å². The van der Waals surface area contributed by atoms with Crippen molar-refractivity contribution in [1.29, 1.82) is 0 Å². The van der Waals surface area contributed by atoms with Crippen molar-refractivity contribution in [1.82, 2.24) is 10.2 Å². The number of nitrogens with one attached hydrogen (secondary N) is 1. The van der Waals surface area contributed by atoms with Crippen LogP contribution >= 0.6 is 23.1 Å². The minimum atomic E-state index is -0.335. The Hall–Kier alpha value is -3.04. The molecule has 9 heteroatoms. The zero-order chi connectivity index (χ0) is 20.2. The van der Waals surface area contributed by atoms with Crippen LogP contribution in [-0.2, 0) is 9.59 Å². The van der Waals surface area contributed by atoms with Gasteiger partial charge in [0.2, 0.25) is 12.7 Å². The van der Waals surface area contributed by atoms with E-state index in [-0.39, 0.29) is 36.9 Å². The number of rotatable bonds is 6. The molecule has 0 aliphatic carbocycles. The molecule has 2 aromatic rings. The van der Waals surface area contributed by atoms with Crippen molar-refractivity contribution in [3.8, 4) is 11.5 Å². The normalized spacial score (nSPS) is 17.0. The predicted molar refractivity (Wildman–Crippen MR) is 112 cm³/mol. The Morgan fingerprint density at radius 2 is 2.07 bits per heavy atom. The van der Waals surface area contributed by atoms with E-state index in [1.165, 1.54) is 17.4 Å². The minimum absolute atomic E-state index is 0.121. The zero-order valence-corrected chi connectivity index (χ0v) is 16.8. The van der Waals surface area contributed by atoms with Crippen molar-refractivity contribution in [3.63, 3.8) is 0 Å². The lowest BCUT2D eigenvalue weighted by atomic mass is 10.2. The number of carbonyl (C=O) groups is 3. The van der Waals surface area contributed by atoms with Gasteiger partial charge in [-0.1, -0.05) is 12.1 Å². The highest BCUT2D eigenvalue weighted by molar-refractivity contribution is 8.18. The molecule has 2 aliphatic heterocycles. The molecule has 3 heterocycles. The van der Waals surface area contributed by atoms with Crippen LogP contribution < -0.4 is 14.8 Å². The van der Waals surface area contributed by atoms with Gasteiger partial charge in [0, 0.05) is 24.0 Å². The molecular formula is C20H16N2O5S2. The van der Waals surface area contributed by atoms with Crippen molar-refractivity contribution in [3.05, 3.63) is 57.1 Å². The fourth-order valence-corrected chi connectivity index (χ4v) is 4.32. The van der Waals surface area contributed by atoms with Crippen molar-refractivity contribution in [2.24, 2.45) is 0 Å². The molecule has 0 saturated carbocycles. The lowest BCUT2D eigenvalue weighted by Crippen LogP contribution is -2.36. The van der Waals surface area contributed by atoms with Crippen LogP contribution in [-0.4, -0.2) is 41.8 Å². The van der Waals surface area contributed by atoms with E-state index in [4.69, 9.17) is 9.47 Å². The first kappa shape index (κ1) is 19.3. The Labute approximate surface area is 175 Å². The summed E-state index contributed by atoms with van der Waals surface area (Å²) in [6.07, 6.45) is 4.76. The number of fused-ring (bicyclic) bond motifs is 1. The molecule has 0 unspecified atom stereocenters. The van der Waals surface area contributed by atoms with Crippen LogP contribution in [0.3, 0.4) is 0 Å². The Kier molecular flexibility index (Phi) is 5.68. The number of thioether (sulfide) groups is 1. The number of hydrogen-bond acceptors (Lipinski definition) is 7. The topological polar surface area (TPSA) is 84.9 Å². The first-order chi connectivity index (χ1) is 14.1. The SMILES string of the molecule is O=C(/C=C/c1ccc2c(c1)OCO2)NCCN1C(=O)S/C(=C\c2cccs2)C1=O. The molecule has 0 bridgehead atoms. The van der Waals surface area contributed by atoms with Gasteiger partial charge in [0.05, 0.1) is 4.91 Å².